The first-order chi connectivity index (χ1) is 6.06. The van der Waals surface area contributed by atoms with Crippen LogP contribution in [0.4, 0.5) is 0 Å². The van der Waals surface area contributed by atoms with Crippen molar-refractivity contribution in [1.29, 1.82) is 0 Å². The van der Waals surface area contributed by atoms with E-state index in [0.717, 1.165) is 20.3 Å². The van der Waals surface area contributed by atoms with Crippen LogP contribution in [0.15, 0.2) is 12.1 Å². The van der Waals surface area contributed by atoms with Crippen LogP contribution in [-0.4, -0.2) is 11.7 Å². The Morgan fingerprint density at radius 2 is 1.85 bits per heavy atom. The van der Waals surface area contributed by atoms with Gasteiger partial charge in [0.05, 0.1) is 5.88 Å². The van der Waals surface area contributed by atoms with Gasteiger partial charge in [0.15, 0.2) is 5.78 Å². The predicted octanol–water partition coefficient (Wildman–Crippen LogP) is 3.33. The van der Waals surface area contributed by atoms with Crippen molar-refractivity contribution >= 4 is 40.0 Å². The number of Topliss-reactive ketones (excluding diaryl/α,β-unsaturated/α-hetero) is 1. The highest BCUT2D eigenvalue weighted by molar-refractivity contribution is 14.1. The summed E-state index contributed by atoms with van der Waals surface area (Å²) in [6, 6.07) is 3.99. The van der Waals surface area contributed by atoms with Crippen LogP contribution in [0.5, 0.6) is 0 Å². The zero-order valence-electron chi connectivity index (χ0n) is 7.53. The summed E-state index contributed by atoms with van der Waals surface area (Å²) in [5, 5.41) is 0. The van der Waals surface area contributed by atoms with Crippen LogP contribution in [0.1, 0.15) is 21.5 Å². The van der Waals surface area contributed by atoms with Crippen LogP contribution in [0.3, 0.4) is 0 Å². The molecule has 0 bridgehead atoms. The molecule has 3 heteroatoms. The van der Waals surface area contributed by atoms with E-state index in [9.17, 15) is 4.79 Å². The minimum Gasteiger partial charge on any atom is -0.293 e. The molecular formula is C10H10ClIO. The van der Waals surface area contributed by atoms with E-state index in [-0.39, 0.29) is 11.7 Å². The van der Waals surface area contributed by atoms with Gasteiger partial charge in [-0.2, -0.15) is 0 Å². The van der Waals surface area contributed by atoms with E-state index in [4.69, 9.17) is 11.6 Å². The second-order valence-electron chi connectivity index (χ2n) is 2.97. The van der Waals surface area contributed by atoms with E-state index in [1.54, 1.807) is 0 Å². The quantitative estimate of drug-likeness (QED) is 0.465. The summed E-state index contributed by atoms with van der Waals surface area (Å²) in [6.07, 6.45) is 0. The molecule has 0 radical (unpaired) electrons. The topological polar surface area (TPSA) is 17.1 Å². The molecule has 1 aromatic rings. The fraction of sp³-hybridized carbons (Fsp3) is 0.300. The van der Waals surface area contributed by atoms with Crippen molar-refractivity contribution in [1.82, 2.24) is 0 Å². The average Bonchev–Trinajstić information content (AvgIpc) is 2.02. The van der Waals surface area contributed by atoms with Gasteiger partial charge in [0, 0.05) is 9.13 Å². The lowest BCUT2D eigenvalue weighted by Crippen LogP contribution is -2.06. The third-order valence-corrected chi connectivity index (χ3v) is 2.76. The van der Waals surface area contributed by atoms with Gasteiger partial charge in [0.1, 0.15) is 0 Å². The molecule has 0 spiro atoms. The lowest BCUT2D eigenvalue weighted by molar-refractivity contribution is 0.102. The number of hydrogen-bond donors (Lipinski definition) is 0. The maximum atomic E-state index is 11.4. The predicted molar refractivity (Wildman–Crippen MR) is 63.7 cm³/mol. The van der Waals surface area contributed by atoms with Gasteiger partial charge in [-0.3, -0.25) is 4.79 Å². The second kappa shape index (κ2) is 4.42. The first-order valence-corrected chi connectivity index (χ1v) is 5.53. The summed E-state index contributed by atoms with van der Waals surface area (Å²) < 4.78 is 1.15. The number of rotatable bonds is 2. The van der Waals surface area contributed by atoms with E-state index in [2.05, 4.69) is 22.6 Å². The Bertz CT molecular complexity index is 324. The largest absolute Gasteiger partial charge is 0.293 e. The number of ketones is 1. The molecule has 0 atom stereocenters. The third-order valence-electron chi connectivity index (χ3n) is 1.90. The molecule has 0 amide bonds. The smallest absolute Gasteiger partial charge is 0.178 e. The van der Waals surface area contributed by atoms with E-state index in [0.29, 0.717) is 0 Å². The molecule has 0 aliphatic carbocycles. The Balaban J connectivity index is 3.28. The van der Waals surface area contributed by atoms with Gasteiger partial charge in [-0.05, 0) is 59.7 Å². The van der Waals surface area contributed by atoms with Crippen molar-refractivity contribution in [2.75, 3.05) is 5.88 Å². The Hall–Kier alpha value is -0.0900. The summed E-state index contributed by atoms with van der Waals surface area (Å²) in [6.45, 7) is 3.88. The number of halogens is 2. The van der Waals surface area contributed by atoms with Crippen LogP contribution >= 0.6 is 34.2 Å². The molecule has 0 aliphatic heterocycles. The van der Waals surface area contributed by atoms with Crippen LogP contribution in [-0.2, 0) is 0 Å². The third kappa shape index (κ3) is 2.44. The highest BCUT2D eigenvalue weighted by Gasteiger charge is 2.11. The van der Waals surface area contributed by atoms with Gasteiger partial charge in [-0.25, -0.2) is 0 Å². The summed E-state index contributed by atoms with van der Waals surface area (Å²) in [7, 11) is 0. The zero-order valence-corrected chi connectivity index (χ0v) is 10.4. The maximum Gasteiger partial charge on any atom is 0.178 e. The Morgan fingerprint density at radius 3 is 2.23 bits per heavy atom. The Labute approximate surface area is 96.6 Å². The maximum absolute atomic E-state index is 11.4. The van der Waals surface area contributed by atoms with Crippen LogP contribution < -0.4 is 0 Å². The molecule has 0 saturated heterocycles. The zero-order chi connectivity index (χ0) is 10.0. The van der Waals surface area contributed by atoms with Gasteiger partial charge in [-0.15, -0.1) is 11.6 Å². The number of carbonyl (C=O) groups excluding carboxylic acids is 1. The molecule has 0 unspecified atom stereocenters. The normalized spacial score (nSPS) is 10.2. The summed E-state index contributed by atoms with van der Waals surface area (Å²) in [5.74, 6) is 0.0653. The second-order valence-corrected chi connectivity index (χ2v) is 4.48. The van der Waals surface area contributed by atoms with E-state index in [1.165, 1.54) is 0 Å². The first-order valence-electron chi connectivity index (χ1n) is 3.92. The number of benzene rings is 1. The SMILES string of the molecule is Cc1cc(I)cc(C)c1C(=O)CCl. The summed E-state index contributed by atoms with van der Waals surface area (Å²) in [4.78, 5) is 11.4. The van der Waals surface area contributed by atoms with Gasteiger partial charge in [0.25, 0.3) is 0 Å². The molecule has 0 aromatic heterocycles. The minimum absolute atomic E-state index is 0.00747. The van der Waals surface area contributed by atoms with Gasteiger partial charge in [0.2, 0.25) is 0 Å². The molecule has 13 heavy (non-hydrogen) atoms. The molecule has 0 N–H and O–H groups in total. The van der Waals surface area contributed by atoms with Crippen molar-refractivity contribution < 1.29 is 4.79 Å². The number of carbonyl (C=O) groups is 1. The lowest BCUT2D eigenvalue weighted by Gasteiger charge is -2.07. The highest BCUT2D eigenvalue weighted by Crippen LogP contribution is 2.18. The van der Waals surface area contributed by atoms with Crippen molar-refractivity contribution in [2.45, 2.75) is 13.8 Å². The first kappa shape index (κ1) is 11.0. The molecular weight excluding hydrogens is 298 g/mol. The van der Waals surface area contributed by atoms with Gasteiger partial charge < -0.3 is 0 Å². The molecule has 70 valence electrons. The monoisotopic (exact) mass is 308 g/mol. The molecule has 0 fully saturated rings. The van der Waals surface area contributed by atoms with Crippen molar-refractivity contribution in [3.8, 4) is 0 Å². The fourth-order valence-electron chi connectivity index (χ4n) is 1.42. The van der Waals surface area contributed by atoms with Crippen molar-refractivity contribution in [2.24, 2.45) is 0 Å². The van der Waals surface area contributed by atoms with E-state index >= 15 is 0 Å². The molecule has 0 saturated carbocycles. The summed E-state index contributed by atoms with van der Waals surface area (Å²) >= 11 is 7.76. The molecule has 1 nitrogen and oxygen atoms in total. The Kier molecular flexibility index (Phi) is 3.74. The van der Waals surface area contributed by atoms with Gasteiger partial charge in [-0.1, -0.05) is 0 Å². The van der Waals surface area contributed by atoms with Crippen LogP contribution in [0.25, 0.3) is 0 Å². The molecule has 1 rings (SSSR count). The average molecular weight is 309 g/mol. The number of aryl methyl sites for hydroxylation is 2. The number of hydrogen-bond acceptors (Lipinski definition) is 1. The summed E-state index contributed by atoms with van der Waals surface area (Å²) in [5.41, 5.74) is 2.79. The minimum atomic E-state index is 0.00747. The van der Waals surface area contributed by atoms with Crippen molar-refractivity contribution in [3.63, 3.8) is 0 Å². The van der Waals surface area contributed by atoms with Gasteiger partial charge >= 0.3 is 0 Å². The van der Waals surface area contributed by atoms with Crippen molar-refractivity contribution in [3.05, 3.63) is 32.4 Å². The molecule has 1 aromatic carbocycles. The Morgan fingerprint density at radius 1 is 1.38 bits per heavy atom. The fourth-order valence-corrected chi connectivity index (χ4v) is 2.49. The standard InChI is InChI=1S/C10H10ClIO/c1-6-3-8(12)4-7(2)10(6)9(13)5-11/h3-4H,5H2,1-2H3. The number of alkyl halides is 1. The highest BCUT2D eigenvalue weighted by atomic mass is 127. The molecule has 0 heterocycles. The molecule has 0 aliphatic rings. The van der Waals surface area contributed by atoms with E-state index < -0.39 is 0 Å². The van der Waals surface area contributed by atoms with Crippen LogP contribution in [0, 0.1) is 17.4 Å². The lowest BCUT2D eigenvalue weighted by atomic mass is 10.0. The van der Waals surface area contributed by atoms with E-state index in [1.807, 2.05) is 26.0 Å². The van der Waals surface area contributed by atoms with Crippen LogP contribution in [0.2, 0.25) is 0 Å².